The second-order valence-corrected chi connectivity index (χ2v) is 4.52. The third kappa shape index (κ3) is 2.33. The van der Waals surface area contributed by atoms with Crippen LogP contribution in [0.3, 0.4) is 0 Å². The first-order valence-corrected chi connectivity index (χ1v) is 5.62. The number of nitrogens with zero attached hydrogens (tertiary/aromatic N) is 1. The second-order valence-electron chi connectivity index (χ2n) is 4.52. The molecule has 1 atom stereocenters. The molecule has 0 aliphatic rings. The van der Waals surface area contributed by atoms with Crippen molar-refractivity contribution in [3.05, 3.63) is 64.7 Å². The Kier molecular flexibility index (Phi) is 3.32. The number of aryl methyl sites for hydroxylation is 1. The minimum atomic E-state index is -1.87. The predicted octanol–water partition coefficient (Wildman–Crippen LogP) is 3.06. The summed E-state index contributed by atoms with van der Waals surface area (Å²) in [6.07, 6.45) is 2.17. The summed E-state index contributed by atoms with van der Waals surface area (Å²) in [6.45, 7) is 2.68. The third-order valence-corrected chi connectivity index (χ3v) is 3.07. The molecule has 100 valence electrons. The summed E-state index contributed by atoms with van der Waals surface area (Å²) < 4.78 is 40.6. The minimum absolute atomic E-state index is 0.0506. The first-order chi connectivity index (χ1) is 8.84. The van der Waals surface area contributed by atoms with Crippen molar-refractivity contribution in [1.82, 2.24) is 4.98 Å². The van der Waals surface area contributed by atoms with E-state index in [-0.39, 0.29) is 16.7 Å². The summed E-state index contributed by atoms with van der Waals surface area (Å²) in [6, 6.07) is 3.66. The highest BCUT2D eigenvalue weighted by molar-refractivity contribution is 5.37. The Balaban J connectivity index is 2.60. The number of hydrogen-bond acceptors (Lipinski definition) is 2. The van der Waals surface area contributed by atoms with Crippen LogP contribution in [0.15, 0.2) is 30.6 Å². The van der Waals surface area contributed by atoms with Gasteiger partial charge in [-0.15, -0.1) is 0 Å². The van der Waals surface area contributed by atoms with Crippen LogP contribution in [0.4, 0.5) is 13.2 Å². The van der Waals surface area contributed by atoms with Crippen LogP contribution in [0.25, 0.3) is 0 Å². The Morgan fingerprint density at radius 3 is 2.42 bits per heavy atom. The predicted molar refractivity (Wildman–Crippen MR) is 64.0 cm³/mol. The second kappa shape index (κ2) is 4.66. The van der Waals surface area contributed by atoms with Gasteiger partial charge in [0.25, 0.3) is 0 Å². The van der Waals surface area contributed by atoms with Gasteiger partial charge in [0.15, 0.2) is 11.6 Å². The Hall–Kier alpha value is -1.88. The van der Waals surface area contributed by atoms with Crippen molar-refractivity contribution < 1.29 is 18.3 Å². The lowest BCUT2D eigenvalue weighted by molar-refractivity contribution is 0.0962. The van der Waals surface area contributed by atoms with Crippen LogP contribution in [0.5, 0.6) is 0 Å². The van der Waals surface area contributed by atoms with Crippen molar-refractivity contribution in [1.29, 1.82) is 0 Å². The molecule has 19 heavy (non-hydrogen) atoms. The molecule has 2 aromatic rings. The van der Waals surface area contributed by atoms with Crippen LogP contribution in [-0.4, -0.2) is 10.1 Å². The minimum Gasteiger partial charge on any atom is -0.381 e. The topological polar surface area (TPSA) is 33.1 Å². The fraction of sp³-hybridized carbons (Fsp3) is 0.214. The average Bonchev–Trinajstić information content (AvgIpc) is 2.36. The van der Waals surface area contributed by atoms with E-state index in [1.807, 2.05) is 0 Å². The van der Waals surface area contributed by atoms with Gasteiger partial charge < -0.3 is 5.11 Å². The Bertz CT molecular complexity index is 626. The number of aromatic nitrogens is 1. The van der Waals surface area contributed by atoms with Gasteiger partial charge in [0, 0.05) is 17.3 Å². The summed E-state index contributed by atoms with van der Waals surface area (Å²) in [5.41, 5.74) is -1.94. The number of pyridine rings is 1. The van der Waals surface area contributed by atoms with Gasteiger partial charge in [-0.1, -0.05) is 12.1 Å². The molecule has 1 aromatic carbocycles. The zero-order valence-corrected chi connectivity index (χ0v) is 10.4. The average molecular weight is 267 g/mol. The van der Waals surface area contributed by atoms with E-state index in [1.54, 1.807) is 0 Å². The summed E-state index contributed by atoms with van der Waals surface area (Å²) in [5.74, 6) is -2.83. The summed E-state index contributed by atoms with van der Waals surface area (Å²) in [7, 11) is 0. The summed E-state index contributed by atoms with van der Waals surface area (Å²) >= 11 is 0. The van der Waals surface area contributed by atoms with Gasteiger partial charge >= 0.3 is 0 Å². The van der Waals surface area contributed by atoms with E-state index in [4.69, 9.17) is 0 Å². The number of hydrogen-bond donors (Lipinski definition) is 1. The molecular formula is C14H12F3NO. The van der Waals surface area contributed by atoms with Crippen molar-refractivity contribution in [2.75, 3.05) is 0 Å². The van der Waals surface area contributed by atoms with E-state index >= 15 is 0 Å². The standard InChI is InChI=1S/C14H12F3NO/c1-8-3-4-11(13(17)12(8)16)14(2,19)9-5-10(15)7-18-6-9/h3-7,19H,1-2H3. The van der Waals surface area contributed by atoms with Crippen molar-refractivity contribution in [3.63, 3.8) is 0 Å². The van der Waals surface area contributed by atoms with Crippen LogP contribution in [0.2, 0.25) is 0 Å². The van der Waals surface area contributed by atoms with Crippen LogP contribution >= 0.6 is 0 Å². The van der Waals surface area contributed by atoms with Gasteiger partial charge in [0.05, 0.1) is 6.20 Å². The highest BCUT2D eigenvalue weighted by atomic mass is 19.2. The third-order valence-electron chi connectivity index (χ3n) is 3.07. The normalized spacial score (nSPS) is 14.2. The zero-order chi connectivity index (χ0) is 14.2. The lowest BCUT2D eigenvalue weighted by Crippen LogP contribution is -2.25. The van der Waals surface area contributed by atoms with Gasteiger partial charge in [-0.25, -0.2) is 13.2 Å². The van der Waals surface area contributed by atoms with Gasteiger partial charge in [0.2, 0.25) is 0 Å². The molecule has 0 radical (unpaired) electrons. The van der Waals surface area contributed by atoms with E-state index in [9.17, 15) is 18.3 Å². The molecule has 0 spiro atoms. The fourth-order valence-corrected chi connectivity index (χ4v) is 1.86. The lowest BCUT2D eigenvalue weighted by atomic mass is 9.88. The molecule has 0 aliphatic carbocycles. The number of rotatable bonds is 2. The maximum absolute atomic E-state index is 13.9. The van der Waals surface area contributed by atoms with Crippen LogP contribution in [0.1, 0.15) is 23.6 Å². The molecule has 0 aliphatic heterocycles. The van der Waals surface area contributed by atoms with Gasteiger partial charge in [-0.2, -0.15) is 0 Å². The van der Waals surface area contributed by atoms with Crippen molar-refractivity contribution in [2.45, 2.75) is 19.4 Å². The van der Waals surface area contributed by atoms with Crippen molar-refractivity contribution in [3.8, 4) is 0 Å². The fourth-order valence-electron chi connectivity index (χ4n) is 1.86. The van der Waals surface area contributed by atoms with E-state index in [0.29, 0.717) is 0 Å². The monoisotopic (exact) mass is 267 g/mol. The molecule has 2 nitrogen and oxygen atoms in total. The van der Waals surface area contributed by atoms with E-state index in [0.717, 1.165) is 12.3 Å². The molecule has 0 amide bonds. The molecule has 1 aromatic heterocycles. The quantitative estimate of drug-likeness (QED) is 0.907. The molecule has 0 fully saturated rings. The zero-order valence-electron chi connectivity index (χ0n) is 10.4. The highest BCUT2D eigenvalue weighted by Crippen LogP contribution is 2.32. The van der Waals surface area contributed by atoms with E-state index < -0.39 is 23.1 Å². The van der Waals surface area contributed by atoms with Gasteiger partial charge in [-0.3, -0.25) is 4.98 Å². The van der Waals surface area contributed by atoms with Crippen molar-refractivity contribution >= 4 is 0 Å². The van der Waals surface area contributed by atoms with Gasteiger partial charge in [-0.05, 0) is 25.5 Å². The Morgan fingerprint density at radius 2 is 1.79 bits per heavy atom. The molecule has 0 saturated carbocycles. The van der Waals surface area contributed by atoms with Gasteiger partial charge in [0.1, 0.15) is 11.4 Å². The van der Waals surface area contributed by atoms with Crippen molar-refractivity contribution in [2.24, 2.45) is 0 Å². The van der Waals surface area contributed by atoms with E-state index in [1.165, 1.54) is 32.2 Å². The molecule has 5 heteroatoms. The number of aliphatic hydroxyl groups is 1. The Labute approximate surface area is 108 Å². The summed E-state index contributed by atoms with van der Waals surface area (Å²) in [5, 5.41) is 10.4. The molecule has 1 heterocycles. The number of benzene rings is 1. The Morgan fingerprint density at radius 1 is 1.11 bits per heavy atom. The molecule has 0 bridgehead atoms. The first kappa shape index (κ1) is 13.5. The van der Waals surface area contributed by atoms with Crippen LogP contribution in [0, 0.1) is 24.4 Å². The largest absolute Gasteiger partial charge is 0.381 e. The molecule has 0 saturated heterocycles. The first-order valence-electron chi connectivity index (χ1n) is 5.62. The lowest BCUT2D eigenvalue weighted by Gasteiger charge is -2.25. The van der Waals surface area contributed by atoms with Crippen LogP contribution < -0.4 is 0 Å². The smallest absolute Gasteiger partial charge is 0.165 e. The van der Waals surface area contributed by atoms with E-state index in [2.05, 4.69) is 4.98 Å². The summed E-state index contributed by atoms with van der Waals surface area (Å²) in [4.78, 5) is 3.59. The molecule has 1 N–H and O–H groups in total. The van der Waals surface area contributed by atoms with Crippen LogP contribution in [-0.2, 0) is 5.60 Å². The molecular weight excluding hydrogens is 255 g/mol. The maximum atomic E-state index is 13.9. The number of halogens is 3. The highest BCUT2D eigenvalue weighted by Gasteiger charge is 2.31. The molecule has 1 unspecified atom stereocenters. The maximum Gasteiger partial charge on any atom is 0.165 e. The SMILES string of the molecule is Cc1ccc(C(C)(O)c2cncc(F)c2)c(F)c1F. The molecule has 2 rings (SSSR count).